The second-order valence-electron chi connectivity index (χ2n) is 7.66. The van der Waals surface area contributed by atoms with E-state index in [-0.39, 0.29) is 17.7 Å². The van der Waals surface area contributed by atoms with E-state index in [0.29, 0.717) is 6.54 Å². The van der Waals surface area contributed by atoms with Crippen molar-refractivity contribution in [2.75, 3.05) is 18.4 Å². The van der Waals surface area contributed by atoms with Crippen LogP contribution in [0.25, 0.3) is 0 Å². The molecule has 142 valence electrons. The Balaban J connectivity index is 1.50. The first-order valence-corrected chi connectivity index (χ1v) is 9.84. The first kappa shape index (κ1) is 17.8. The Bertz CT molecular complexity index is 858. The SMILES string of the molecule is CC(=O)Nc1cn[nH]c1[C@H]1CCCN(C(=O)c2ccc3c(c2)CCCC3)C1. The molecule has 2 aromatic rings. The van der Waals surface area contributed by atoms with Gasteiger partial charge >= 0.3 is 0 Å². The molecule has 2 aliphatic rings. The summed E-state index contributed by atoms with van der Waals surface area (Å²) < 4.78 is 0. The van der Waals surface area contributed by atoms with Crippen LogP contribution in [0.3, 0.4) is 0 Å². The van der Waals surface area contributed by atoms with Crippen molar-refractivity contribution in [3.63, 3.8) is 0 Å². The molecule has 27 heavy (non-hydrogen) atoms. The van der Waals surface area contributed by atoms with E-state index in [1.165, 1.54) is 30.9 Å². The number of carbonyl (C=O) groups is 2. The lowest BCUT2D eigenvalue weighted by molar-refractivity contribution is -0.114. The van der Waals surface area contributed by atoms with Crippen molar-refractivity contribution in [2.45, 2.75) is 51.4 Å². The summed E-state index contributed by atoms with van der Waals surface area (Å²) >= 11 is 0. The molecule has 2 N–H and O–H groups in total. The van der Waals surface area contributed by atoms with Crippen molar-refractivity contribution < 1.29 is 9.59 Å². The largest absolute Gasteiger partial charge is 0.338 e. The number of aryl methyl sites for hydroxylation is 2. The van der Waals surface area contributed by atoms with E-state index in [4.69, 9.17) is 0 Å². The zero-order chi connectivity index (χ0) is 18.8. The van der Waals surface area contributed by atoms with Crippen LogP contribution in [-0.4, -0.2) is 40.0 Å². The molecule has 1 saturated heterocycles. The Morgan fingerprint density at radius 1 is 1.19 bits per heavy atom. The van der Waals surface area contributed by atoms with E-state index in [9.17, 15) is 9.59 Å². The minimum absolute atomic E-state index is 0.105. The monoisotopic (exact) mass is 366 g/mol. The number of piperidine rings is 1. The average Bonchev–Trinajstić information content (AvgIpc) is 3.14. The highest BCUT2D eigenvalue weighted by Gasteiger charge is 2.28. The van der Waals surface area contributed by atoms with Crippen LogP contribution >= 0.6 is 0 Å². The number of nitrogens with one attached hydrogen (secondary N) is 2. The van der Waals surface area contributed by atoms with E-state index in [1.54, 1.807) is 6.20 Å². The van der Waals surface area contributed by atoms with Crippen molar-refractivity contribution in [1.29, 1.82) is 0 Å². The number of anilines is 1. The summed E-state index contributed by atoms with van der Waals surface area (Å²) in [5.41, 5.74) is 5.15. The smallest absolute Gasteiger partial charge is 0.253 e. The Kier molecular flexibility index (Phi) is 4.97. The number of carbonyl (C=O) groups excluding carboxylic acids is 2. The van der Waals surface area contributed by atoms with Gasteiger partial charge in [-0.25, -0.2) is 0 Å². The van der Waals surface area contributed by atoms with E-state index < -0.39 is 0 Å². The lowest BCUT2D eigenvalue weighted by Crippen LogP contribution is -2.39. The second-order valence-corrected chi connectivity index (χ2v) is 7.66. The Labute approximate surface area is 159 Å². The molecule has 0 radical (unpaired) electrons. The average molecular weight is 366 g/mol. The number of nitrogens with zero attached hydrogens (tertiary/aromatic N) is 2. The van der Waals surface area contributed by atoms with Gasteiger partial charge in [0.25, 0.3) is 5.91 Å². The van der Waals surface area contributed by atoms with E-state index in [2.05, 4.69) is 27.6 Å². The summed E-state index contributed by atoms with van der Waals surface area (Å²) in [4.78, 5) is 26.4. The number of aromatic nitrogens is 2. The van der Waals surface area contributed by atoms with Gasteiger partial charge in [0.2, 0.25) is 5.91 Å². The maximum atomic E-state index is 13.1. The fourth-order valence-corrected chi connectivity index (χ4v) is 4.34. The summed E-state index contributed by atoms with van der Waals surface area (Å²) in [6.07, 6.45) is 8.22. The van der Waals surface area contributed by atoms with Gasteiger partial charge < -0.3 is 10.2 Å². The molecular weight excluding hydrogens is 340 g/mol. The van der Waals surface area contributed by atoms with Crippen molar-refractivity contribution in [3.05, 3.63) is 46.8 Å². The van der Waals surface area contributed by atoms with Gasteiger partial charge in [-0.3, -0.25) is 14.7 Å². The van der Waals surface area contributed by atoms with Crippen LogP contribution in [0.5, 0.6) is 0 Å². The molecule has 1 aliphatic carbocycles. The number of hydrogen-bond donors (Lipinski definition) is 2. The standard InChI is InChI=1S/C21H26N4O2/c1-14(26)23-19-12-22-24-20(19)18-7-4-10-25(13-18)21(27)17-9-8-15-5-2-3-6-16(15)11-17/h8-9,11-12,18H,2-7,10,13H2,1H3,(H,22,24)(H,23,26)/t18-/m0/s1. The van der Waals surface area contributed by atoms with Crippen LogP contribution in [0.4, 0.5) is 5.69 Å². The van der Waals surface area contributed by atoms with Gasteiger partial charge in [0.1, 0.15) is 0 Å². The predicted molar refractivity (Wildman–Crippen MR) is 104 cm³/mol. The summed E-state index contributed by atoms with van der Waals surface area (Å²) in [6.45, 7) is 2.91. The van der Waals surface area contributed by atoms with Gasteiger partial charge in [0, 0.05) is 31.5 Å². The second kappa shape index (κ2) is 7.55. The van der Waals surface area contributed by atoms with E-state index in [1.807, 2.05) is 11.0 Å². The number of aromatic amines is 1. The lowest BCUT2D eigenvalue weighted by Gasteiger charge is -2.33. The highest BCUT2D eigenvalue weighted by molar-refractivity contribution is 5.94. The van der Waals surface area contributed by atoms with Crippen molar-refractivity contribution >= 4 is 17.5 Å². The molecule has 6 heteroatoms. The fraction of sp³-hybridized carbons (Fsp3) is 0.476. The molecule has 4 rings (SSSR count). The van der Waals surface area contributed by atoms with Crippen molar-refractivity contribution in [2.24, 2.45) is 0 Å². The van der Waals surface area contributed by atoms with Crippen LogP contribution in [0.15, 0.2) is 24.4 Å². The van der Waals surface area contributed by atoms with Gasteiger partial charge in [-0.1, -0.05) is 6.07 Å². The van der Waals surface area contributed by atoms with Crippen molar-refractivity contribution in [1.82, 2.24) is 15.1 Å². The van der Waals surface area contributed by atoms with Gasteiger partial charge in [-0.2, -0.15) is 5.10 Å². The molecule has 1 aromatic carbocycles. The van der Waals surface area contributed by atoms with Gasteiger partial charge in [0.15, 0.2) is 0 Å². The minimum Gasteiger partial charge on any atom is -0.338 e. The lowest BCUT2D eigenvalue weighted by atomic mass is 9.89. The van der Waals surface area contributed by atoms with Crippen LogP contribution in [0.2, 0.25) is 0 Å². The molecule has 0 bridgehead atoms. The number of H-pyrrole nitrogens is 1. The summed E-state index contributed by atoms with van der Waals surface area (Å²) in [5, 5.41) is 9.93. The summed E-state index contributed by atoms with van der Waals surface area (Å²) in [5.74, 6) is 0.147. The van der Waals surface area contributed by atoms with E-state index >= 15 is 0 Å². The Hall–Kier alpha value is -2.63. The molecule has 1 aliphatic heterocycles. The number of fused-ring (bicyclic) bond motifs is 1. The topological polar surface area (TPSA) is 78.1 Å². The number of rotatable bonds is 3. The first-order valence-electron chi connectivity index (χ1n) is 9.84. The normalized spacial score (nSPS) is 19.4. The molecule has 1 aromatic heterocycles. The van der Waals surface area contributed by atoms with Gasteiger partial charge in [-0.15, -0.1) is 0 Å². The van der Waals surface area contributed by atoms with Crippen LogP contribution < -0.4 is 5.32 Å². The highest BCUT2D eigenvalue weighted by atomic mass is 16.2. The molecule has 6 nitrogen and oxygen atoms in total. The fourth-order valence-electron chi connectivity index (χ4n) is 4.34. The highest BCUT2D eigenvalue weighted by Crippen LogP contribution is 2.31. The molecule has 0 spiro atoms. The maximum Gasteiger partial charge on any atom is 0.253 e. The predicted octanol–water partition coefficient (Wildman–Crippen LogP) is 3.27. The third kappa shape index (κ3) is 3.75. The zero-order valence-electron chi connectivity index (χ0n) is 15.8. The summed E-state index contributed by atoms with van der Waals surface area (Å²) in [7, 11) is 0. The van der Waals surface area contributed by atoms with Crippen LogP contribution in [0, 0.1) is 0 Å². The maximum absolute atomic E-state index is 13.1. The van der Waals surface area contributed by atoms with E-state index in [0.717, 1.165) is 49.2 Å². The Morgan fingerprint density at radius 2 is 2.00 bits per heavy atom. The molecule has 2 heterocycles. The van der Waals surface area contributed by atoms with Crippen molar-refractivity contribution in [3.8, 4) is 0 Å². The zero-order valence-corrected chi connectivity index (χ0v) is 15.8. The number of hydrogen-bond acceptors (Lipinski definition) is 3. The first-order chi connectivity index (χ1) is 13.1. The molecule has 0 unspecified atom stereocenters. The molecular formula is C21H26N4O2. The van der Waals surface area contributed by atoms with Crippen LogP contribution in [0.1, 0.15) is 65.7 Å². The molecule has 1 atom stereocenters. The quantitative estimate of drug-likeness (QED) is 0.875. The Morgan fingerprint density at radius 3 is 2.81 bits per heavy atom. The molecule has 0 saturated carbocycles. The molecule has 1 fully saturated rings. The van der Waals surface area contributed by atoms with Gasteiger partial charge in [-0.05, 0) is 61.8 Å². The van der Waals surface area contributed by atoms with Crippen LogP contribution in [-0.2, 0) is 17.6 Å². The number of likely N-dealkylation sites (tertiary alicyclic amines) is 1. The number of benzene rings is 1. The minimum atomic E-state index is -0.115. The molecule has 2 amide bonds. The third-order valence-corrected chi connectivity index (χ3v) is 5.69. The number of amides is 2. The summed E-state index contributed by atoms with van der Waals surface area (Å²) in [6, 6.07) is 6.21. The van der Waals surface area contributed by atoms with Gasteiger partial charge in [0.05, 0.1) is 17.6 Å². The third-order valence-electron chi connectivity index (χ3n) is 5.69.